The fourth-order valence-electron chi connectivity index (χ4n) is 4.81. The first kappa shape index (κ1) is 28.1. The molecule has 1 amide bonds. The number of hydrogen-bond acceptors (Lipinski definition) is 10. The molecule has 1 aliphatic heterocycles. The normalized spacial score (nSPS) is 13.8. The van der Waals surface area contributed by atoms with Crippen LogP contribution in [0.5, 0.6) is 17.2 Å². The molecule has 216 valence electrons. The topological polar surface area (TPSA) is 138 Å². The maximum absolute atomic E-state index is 13.3. The molecular weight excluding hydrogens is 528 g/mol. The van der Waals surface area contributed by atoms with Crippen LogP contribution in [-0.4, -0.2) is 74.9 Å². The van der Waals surface area contributed by atoms with E-state index in [0.29, 0.717) is 52.4 Å². The SMILES string of the molecule is COc1c(Oc2ccnc(NC(C)=O)c2)cnc2nc(Nc3cc(C)cn(CCCN4CCOCC4)c3=O)n(C)c12. The summed E-state index contributed by atoms with van der Waals surface area (Å²) in [7, 11) is 3.34. The Labute approximate surface area is 237 Å². The lowest BCUT2D eigenvalue weighted by Gasteiger charge is -2.26. The van der Waals surface area contributed by atoms with Gasteiger partial charge in [0.1, 0.15) is 22.8 Å². The quantitative estimate of drug-likeness (QED) is 0.297. The van der Waals surface area contributed by atoms with Crippen LogP contribution in [0.1, 0.15) is 18.9 Å². The maximum atomic E-state index is 13.3. The molecule has 4 aromatic rings. The number of nitrogens with one attached hydrogen (secondary N) is 2. The number of amides is 1. The number of morpholine rings is 1. The number of carbonyl (C=O) groups excluding carboxylic acids is 1. The Kier molecular flexibility index (Phi) is 8.45. The Hall–Kier alpha value is -4.49. The number of rotatable bonds is 10. The molecule has 0 radical (unpaired) electrons. The number of imidazole rings is 1. The third kappa shape index (κ3) is 6.47. The van der Waals surface area contributed by atoms with E-state index >= 15 is 0 Å². The van der Waals surface area contributed by atoms with Crippen molar-refractivity contribution in [3.8, 4) is 17.2 Å². The van der Waals surface area contributed by atoms with Gasteiger partial charge in [-0.1, -0.05) is 0 Å². The Morgan fingerprint density at radius 3 is 2.73 bits per heavy atom. The van der Waals surface area contributed by atoms with Crippen molar-refractivity contribution in [3.63, 3.8) is 0 Å². The third-order valence-corrected chi connectivity index (χ3v) is 6.73. The zero-order valence-electron chi connectivity index (χ0n) is 23.6. The minimum Gasteiger partial charge on any atom is -0.491 e. The van der Waals surface area contributed by atoms with Crippen LogP contribution in [0.2, 0.25) is 0 Å². The molecule has 5 rings (SSSR count). The number of fused-ring (bicyclic) bond motifs is 1. The second kappa shape index (κ2) is 12.4. The van der Waals surface area contributed by atoms with Gasteiger partial charge in [0.2, 0.25) is 11.9 Å². The molecular formula is C28H34N8O5. The maximum Gasteiger partial charge on any atom is 0.274 e. The molecule has 0 bridgehead atoms. The number of hydrogen-bond donors (Lipinski definition) is 2. The van der Waals surface area contributed by atoms with Crippen LogP contribution >= 0.6 is 0 Å². The minimum atomic E-state index is -0.237. The fraction of sp³-hybridized carbons (Fsp3) is 0.393. The van der Waals surface area contributed by atoms with E-state index < -0.39 is 0 Å². The van der Waals surface area contributed by atoms with Crippen LogP contribution in [0.4, 0.5) is 17.5 Å². The molecule has 4 aromatic heterocycles. The summed E-state index contributed by atoms with van der Waals surface area (Å²) in [6.45, 7) is 8.26. The summed E-state index contributed by atoms with van der Waals surface area (Å²) in [6.07, 6.45) is 5.79. The highest BCUT2D eigenvalue weighted by Crippen LogP contribution is 2.38. The van der Waals surface area contributed by atoms with Crippen molar-refractivity contribution in [2.75, 3.05) is 50.6 Å². The Bertz CT molecular complexity index is 1610. The summed E-state index contributed by atoms with van der Waals surface area (Å²) in [5.74, 6) is 1.77. The number of anilines is 3. The summed E-state index contributed by atoms with van der Waals surface area (Å²) in [5, 5.41) is 5.83. The van der Waals surface area contributed by atoms with Gasteiger partial charge in [0, 0.05) is 58.6 Å². The van der Waals surface area contributed by atoms with Crippen LogP contribution in [0.15, 0.2) is 41.6 Å². The van der Waals surface area contributed by atoms with Gasteiger partial charge in [-0.25, -0.2) is 9.97 Å². The molecule has 0 atom stereocenters. The van der Waals surface area contributed by atoms with Gasteiger partial charge in [-0.3, -0.25) is 14.5 Å². The molecule has 0 aromatic carbocycles. The highest BCUT2D eigenvalue weighted by Gasteiger charge is 2.20. The van der Waals surface area contributed by atoms with Gasteiger partial charge in [-0.2, -0.15) is 4.98 Å². The van der Waals surface area contributed by atoms with E-state index in [1.807, 2.05) is 26.2 Å². The Balaban J connectivity index is 1.38. The monoisotopic (exact) mass is 562 g/mol. The zero-order chi connectivity index (χ0) is 28.9. The lowest BCUT2D eigenvalue weighted by molar-refractivity contribution is -0.114. The number of carbonyl (C=O) groups is 1. The summed E-state index contributed by atoms with van der Waals surface area (Å²) in [4.78, 5) is 40.3. The predicted octanol–water partition coefficient (Wildman–Crippen LogP) is 3.06. The highest BCUT2D eigenvalue weighted by atomic mass is 16.5. The number of ether oxygens (including phenoxy) is 3. The minimum absolute atomic E-state index is 0.124. The average Bonchev–Trinajstić information content (AvgIpc) is 3.26. The second-order valence-corrected chi connectivity index (χ2v) is 9.84. The van der Waals surface area contributed by atoms with Crippen molar-refractivity contribution in [2.45, 2.75) is 26.8 Å². The van der Waals surface area contributed by atoms with E-state index in [9.17, 15) is 9.59 Å². The summed E-state index contributed by atoms with van der Waals surface area (Å²) >= 11 is 0. The van der Waals surface area contributed by atoms with E-state index in [-0.39, 0.29) is 11.5 Å². The lowest BCUT2D eigenvalue weighted by Crippen LogP contribution is -2.37. The average molecular weight is 563 g/mol. The van der Waals surface area contributed by atoms with E-state index in [2.05, 4.69) is 30.5 Å². The summed E-state index contributed by atoms with van der Waals surface area (Å²) in [5.41, 5.74) is 2.27. The smallest absolute Gasteiger partial charge is 0.274 e. The largest absolute Gasteiger partial charge is 0.491 e. The van der Waals surface area contributed by atoms with Crippen LogP contribution in [0.25, 0.3) is 11.2 Å². The molecule has 0 aliphatic carbocycles. The highest BCUT2D eigenvalue weighted by molar-refractivity contribution is 5.88. The molecule has 1 saturated heterocycles. The lowest BCUT2D eigenvalue weighted by atomic mass is 10.2. The second-order valence-electron chi connectivity index (χ2n) is 9.84. The van der Waals surface area contributed by atoms with Crippen LogP contribution in [-0.2, 0) is 23.1 Å². The third-order valence-electron chi connectivity index (χ3n) is 6.73. The molecule has 0 spiro atoms. The Morgan fingerprint density at radius 2 is 1.98 bits per heavy atom. The number of nitrogens with zero attached hydrogens (tertiary/aromatic N) is 6. The molecule has 13 heteroatoms. The van der Waals surface area contributed by atoms with Crippen molar-refractivity contribution in [1.82, 2.24) is 29.0 Å². The summed E-state index contributed by atoms with van der Waals surface area (Å²) in [6, 6.07) is 5.08. The first-order valence-corrected chi connectivity index (χ1v) is 13.4. The number of aromatic nitrogens is 5. The van der Waals surface area contributed by atoms with Crippen molar-refractivity contribution in [2.24, 2.45) is 7.05 Å². The van der Waals surface area contributed by atoms with Crippen molar-refractivity contribution in [1.29, 1.82) is 0 Å². The zero-order valence-corrected chi connectivity index (χ0v) is 23.6. The number of pyridine rings is 3. The Morgan fingerprint density at radius 1 is 1.17 bits per heavy atom. The van der Waals surface area contributed by atoms with Crippen molar-refractivity contribution in [3.05, 3.63) is 52.7 Å². The molecule has 0 unspecified atom stereocenters. The van der Waals surface area contributed by atoms with E-state index in [0.717, 1.165) is 44.8 Å². The molecule has 1 fully saturated rings. The molecule has 41 heavy (non-hydrogen) atoms. The first-order chi connectivity index (χ1) is 19.8. The van der Waals surface area contributed by atoms with E-state index in [1.54, 1.807) is 21.3 Å². The van der Waals surface area contributed by atoms with Crippen molar-refractivity contribution >= 4 is 34.5 Å². The molecule has 2 N–H and O–H groups in total. The number of methoxy groups -OCH3 is 1. The predicted molar refractivity (Wildman–Crippen MR) is 154 cm³/mol. The van der Waals surface area contributed by atoms with Crippen molar-refractivity contribution < 1.29 is 19.0 Å². The van der Waals surface area contributed by atoms with E-state index in [4.69, 9.17) is 14.2 Å². The van der Waals surface area contributed by atoms with Gasteiger partial charge < -0.3 is 34.0 Å². The first-order valence-electron chi connectivity index (χ1n) is 13.4. The van der Waals surface area contributed by atoms with Gasteiger partial charge in [-0.05, 0) is 31.0 Å². The molecule has 1 aliphatic rings. The fourth-order valence-corrected chi connectivity index (χ4v) is 4.81. The standard InChI is InChI=1S/C28H34N8O5/c1-18-14-21(27(38)36(17-18)9-5-8-35-10-12-40-13-11-35)32-28-33-26-24(34(28)3)25(39-4)22(16-30-26)41-20-6-7-29-23(15-20)31-19(2)37/h6-7,14-17H,5,8-13H2,1-4H3,(H,29,31,37)(H,30,32,33). The van der Waals surface area contributed by atoms with E-state index in [1.165, 1.54) is 26.4 Å². The summed E-state index contributed by atoms with van der Waals surface area (Å²) < 4.78 is 20.7. The van der Waals surface area contributed by atoms with Gasteiger partial charge >= 0.3 is 0 Å². The van der Waals surface area contributed by atoms with Crippen LogP contribution in [0.3, 0.4) is 0 Å². The molecule has 13 nitrogen and oxygen atoms in total. The molecule has 5 heterocycles. The number of aryl methyl sites for hydroxylation is 3. The van der Waals surface area contributed by atoms with Gasteiger partial charge in [-0.15, -0.1) is 0 Å². The van der Waals surface area contributed by atoms with Gasteiger partial charge in [0.05, 0.1) is 26.5 Å². The van der Waals surface area contributed by atoms with Gasteiger partial charge in [0.25, 0.3) is 5.56 Å². The van der Waals surface area contributed by atoms with Gasteiger partial charge in [0.15, 0.2) is 17.1 Å². The molecule has 0 saturated carbocycles. The van der Waals surface area contributed by atoms with Crippen LogP contribution in [0, 0.1) is 6.92 Å². The van der Waals surface area contributed by atoms with Crippen LogP contribution < -0.4 is 25.7 Å².